The van der Waals surface area contributed by atoms with Gasteiger partial charge in [0, 0.05) is 12.8 Å². The van der Waals surface area contributed by atoms with Crippen molar-refractivity contribution in [3.8, 4) is 0 Å². The number of carbonyl (C=O) groups excluding carboxylic acids is 1. The molecule has 1 aromatic rings. The second-order valence-electron chi connectivity index (χ2n) is 5.07. The highest BCUT2D eigenvalue weighted by Gasteiger charge is 2.24. The minimum absolute atomic E-state index is 0.177. The van der Waals surface area contributed by atoms with Crippen LogP contribution < -0.4 is 0 Å². The monoisotopic (exact) mass is 222 g/mol. The molecule has 0 aliphatic heterocycles. The molecule has 1 saturated carbocycles. The van der Waals surface area contributed by atoms with Gasteiger partial charge in [-0.05, 0) is 24.7 Å². The van der Waals surface area contributed by atoms with Crippen molar-refractivity contribution in [2.24, 2.45) is 11.8 Å². The van der Waals surface area contributed by atoms with Crippen molar-refractivity contribution < 1.29 is 9.32 Å². The fourth-order valence-corrected chi connectivity index (χ4v) is 1.72. The lowest BCUT2D eigenvalue weighted by Crippen LogP contribution is -2.06. The number of rotatable bonds is 6. The van der Waals surface area contributed by atoms with Crippen molar-refractivity contribution in [2.75, 3.05) is 0 Å². The van der Waals surface area contributed by atoms with E-state index in [4.69, 9.17) is 4.52 Å². The van der Waals surface area contributed by atoms with E-state index < -0.39 is 0 Å². The zero-order valence-electron chi connectivity index (χ0n) is 9.90. The average Bonchev–Trinajstić information content (AvgIpc) is 2.86. The van der Waals surface area contributed by atoms with Crippen molar-refractivity contribution in [3.05, 3.63) is 11.7 Å². The Hall–Kier alpha value is -1.19. The van der Waals surface area contributed by atoms with E-state index in [1.807, 2.05) is 13.8 Å². The standard InChI is InChI=1S/C12H18N2O2/c1-8(2)5-10(15)7-12-13-11(14-16-12)6-9-3-4-9/h8-9H,3-7H2,1-2H3. The van der Waals surface area contributed by atoms with Gasteiger partial charge in [0.15, 0.2) is 5.82 Å². The molecule has 0 aromatic carbocycles. The van der Waals surface area contributed by atoms with Crippen LogP contribution in [-0.4, -0.2) is 15.9 Å². The molecule has 16 heavy (non-hydrogen) atoms. The molecule has 2 rings (SSSR count). The Morgan fingerprint density at radius 2 is 2.25 bits per heavy atom. The summed E-state index contributed by atoms with van der Waals surface area (Å²) in [5.74, 6) is 2.55. The minimum atomic E-state index is 0.177. The Morgan fingerprint density at radius 1 is 1.50 bits per heavy atom. The number of Topliss-reactive ketones (excluding diaryl/α,β-unsaturated/α-hetero) is 1. The molecule has 1 aliphatic rings. The van der Waals surface area contributed by atoms with E-state index in [1.54, 1.807) is 0 Å². The van der Waals surface area contributed by atoms with Gasteiger partial charge in [0.25, 0.3) is 0 Å². The van der Waals surface area contributed by atoms with Crippen LogP contribution in [0.2, 0.25) is 0 Å². The van der Waals surface area contributed by atoms with Crippen molar-refractivity contribution in [1.82, 2.24) is 10.1 Å². The van der Waals surface area contributed by atoms with Crippen molar-refractivity contribution in [1.29, 1.82) is 0 Å². The van der Waals surface area contributed by atoms with Gasteiger partial charge in [-0.25, -0.2) is 0 Å². The van der Waals surface area contributed by atoms with Gasteiger partial charge in [0.05, 0.1) is 6.42 Å². The van der Waals surface area contributed by atoms with Crippen LogP contribution >= 0.6 is 0 Å². The highest BCUT2D eigenvalue weighted by atomic mass is 16.5. The molecule has 0 saturated heterocycles. The number of ketones is 1. The van der Waals surface area contributed by atoms with Gasteiger partial charge < -0.3 is 4.52 Å². The molecule has 0 atom stereocenters. The third kappa shape index (κ3) is 3.43. The SMILES string of the molecule is CC(C)CC(=O)Cc1nc(CC2CC2)no1. The van der Waals surface area contributed by atoms with Crippen molar-refractivity contribution in [3.63, 3.8) is 0 Å². The Morgan fingerprint density at radius 3 is 2.88 bits per heavy atom. The molecule has 0 bridgehead atoms. The summed E-state index contributed by atoms with van der Waals surface area (Å²) in [5.41, 5.74) is 0. The number of carbonyl (C=O) groups is 1. The second kappa shape index (κ2) is 4.76. The predicted molar refractivity (Wildman–Crippen MR) is 58.9 cm³/mol. The van der Waals surface area contributed by atoms with E-state index >= 15 is 0 Å². The molecule has 0 unspecified atom stereocenters. The van der Waals surface area contributed by atoms with Crippen molar-refractivity contribution in [2.45, 2.75) is 46.0 Å². The maximum atomic E-state index is 11.5. The van der Waals surface area contributed by atoms with Gasteiger partial charge in [0.2, 0.25) is 5.89 Å². The van der Waals surface area contributed by atoms with Crippen LogP contribution in [0.3, 0.4) is 0 Å². The summed E-state index contributed by atoms with van der Waals surface area (Å²) in [6.07, 6.45) is 4.32. The number of nitrogens with zero attached hydrogens (tertiary/aromatic N) is 2. The average molecular weight is 222 g/mol. The Bertz CT molecular complexity index is 367. The molecule has 88 valence electrons. The third-order valence-electron chi connectivity index (χ3n) is 2.66. The zero-order valence-corrected chi connectivity index (χ0v) is 9.90. The molecule has 1 heterocycles. The maximum Gasteiger partial charge on any atom is 0.234 e. The predicted octanol–water partition coefficient (Wildman–Crippen LogP) is 2.18. The summed E-state index contributed by atoms with van der Waals surface area (Å²) in [7, 11) is 0. The fourth-order valence-electron chi connectivity index (χ4n) is 1.72. The van der Waals surface area contributed by atoms with E-state index in [0.717, 1.165) is 18.2 Å². The quantitative estimate of drug-likeness (QED) is 0.740. The first kappa shape index (κ1) is 11.3. The third-order valence-corrected chi connectivity index (χ3v) is 2.66. The summed E-state index contributed by atoms with van der Waals surface area (Å²) in [4.78, 5) is 15.8. The summed E-state index contributed by atoms with van der Waals surface area (Å²) in [6.45, 7) is 4.06. The lowest BCUT2D eigenvalue weighted by atomic mass is 10.1. The molecular weight excluding hydrogens is 204 g/mol. The minimum Gasteiger partial charge on any atom is -0.339 e. The van der Waals surface area contributed by atoms with Gasteiger partial charge >= 0.3 is 0 Å². The number of hydrogen-bond donors (Lipinski definition) is 0. The molecular formula is C12H18N2O2. The molecule has 4 nitrogen and oxygen atoms in total. The summed E-state index contributed by atoms with van der Waals surface area (Å²) >= 11 is 0. The van der Waals surface area contributed by atoms with Gasteiger partial charge in [-0.2, -0.15) is 4.98 Å². The largest absolute Gasteiger partial charge is 0.339 e. The molecule has 1 aliphatic carbocycles. The summed E-state index contributed by atoms with van der Waals surface area (Å²) in [5, 5.41) is 3.89. The highest BCUT2D eigenvalue weighted by Crippen LogP contribution is 2.31. The van der Waals surface area contributed by atoms with Crippen LogP contribution in [0.15, 0.2) is 4.52 Å². The normalized spacial score (nSPS) is 15.7. The van der Waals surface area contributed by atoms with Crippen LogP contribution in [0.4, 0.5) is 0 Å². The van der Waals surface area contributed by atoms with Gasteiger partial charge in [0.1, 0.15) is 5.78 Å². The highest BCUT2D eigenvalue weighted by molar-refractivity contribution is 5.80. The topological polar surface area (TPSA) is 56.0 Å². The van der Waals surface area contributed by atoms with Crippen LogP contribution in [-0.2, 0) is 17.6 Å². The first-order valence-electron chi connectivity index (χ1n) is 5.96. The molecule has 0 amide bonds. The lowest BCUT2D eigenvalue weighted by molar-refractivity contribution is -0.119. The van der Waals surface area contributed by atoms with Gasteiger partial charge in [-0.15, -0.1) is 0 Å². The van der Waals surface area contributed by atoms with E-state index in [9.17, 15) is 4.79 Å². The molecule has 1 aromatic heterocycles. The number of aromatic nitrogens is 2. The lowest BCUT2D eigenvalue weighted by Gasteiger charge is -2.00. The van der Waals surface area contributed by atoms with Crippen LogP contribution in [0.25, 0.3) is 0 Å². The second-order valence-corrected chi connectivity index (χ2v) is 5.07. The van der Waals surface area contributed by atoms with E-state index in [0.29, 0.717) is 18.2 Å². The summed E-state index contributed by atoms with van der Waals surface area (Å²) in [6, 6.07) is 0. The van der Waals surface area contributed by atoms with E-state index in [2.05, 4.69) is 10.1 Å². The fraction of sp³-hybridized carbons (Fsp3) is 0.750. The Labute approximate surface area is 95.4 Å². The molecule has 0 N–H and O–H groups in total. The first-order valence-corrected chi connectivity index (χ1v) is 5.96. The van der Waals surface area contributed by atoms with Crippen LogP contribution in [0.1, 0.15) is 44.8 Å². The molecule has 4 heteroatoms. The smallest absolute Gasteiger partial charge is 0.234 e. The first-order chi connectivity index (χ1) is 7.63. The maximum absolute atomic E-state index is 11.5. The Kier molecular flexibility index (Phi) is 3.36. The van der Waals surface area contributed by atoms with E-state index in [-0.39, 0.29) is 12.2 Å². The van der Waals surface area contributed by atoms with Gasteiger partial charge in [-0.3, -0.25) is 4.79 Å². The van der Waals surface area contributed by atoms with Crippen molar-refractivity contribution >= 4 is 5.78 Å². The summed E-state index contributed by atoms with van der Waals surface area (Å²) < 4.78 is 5.06. The number of hydrogen-bond acceptors (Lipinski definition) is 4. The van der Waals surface area contributed by atoms with Gasteiger partial charge in [-0.1, -0.05) is 19.0 Å². The molecule has 0 spiro atoms. The molecule has 1 fully saturated rings. The van der Waals surface area contributed by atoms with Crippen LogP contribution in [0.5, 0.6) is 0 Å². The molecule has 0 radical (unpaired) electrons. The van der Waals surface area contributed by atoms with E-state index in [1.165, 1.54) is 12.8 Å². The van der Waals surface area contributed by atoms with Crippen LogP contribution in [0, 0.1) is 11.8 Å². The Balaban J connectivity index is 1.83. The zero-order chi connectivity index (χ0) is 11.5.